The number of hydrogen-bond acceptors (Lipinski definition) is 5. The summed E-state index contributed by atoms with van der Waals surface area (Å²) in [5, 5.41) is 12.2. The molecule has 0 aromatic carbocycles. The Labute approximate surface area is 80.0 Å². The third kappa shape index (κ3) is 1.45. The Balaban J connectivity index is 2.39. The van der Waals surface area contributed by atoms with Crippen molar-refractivity contribution in [3.63, 3.8) is 0 Å². The van der Waals surface area contributed by atoms with Crippen LogP contribution < -0.4 is 0 Å². The Morgan fingerprint density at radius 2 is 2.29 bits per heavy atom. The molecule has 0 saturated heterocycles. The fraction of sp³-hybridized carbons (Fsp3) is 0.111. The van der Waals surface area contributed by atoms with E-state index in [2.05, 4.69) is 15.1 Å². The zero-order chi connectivity index (χ0) is 9.97. The van der Waals surface area contributed by atoms with E-state index in [-0.39, 0.29) is 0 Å². The van der Waals surface area contributed by atoms with Gasteiger partial charge in [-0.25, -0.2) is 4.98 Å². The fourth-order valence-electron chi connectivity index (χ4n) is 0.988. The average Bonchev–Trinajstić information content (AvgIpc) is 2.65. The van der Waals surface area contributed by atoms with Gasteiger partial charge in [0.2, 0.25) is 0 Å². The van der Waals surface area contributed by atoms with Crippen LogP contribution in [-0.2, 0) is 0 Å². The van der Waals surface area contributed by atoms with E-state index in [9.17, 15) is 0 Å². The molecule has 0 fully saturated rings. The molecule has 0 N–H and O–H groups in total. The van der Waals surface area contributed by atoms with Gasteiger partial charge in [-0.1, -0.05) is 5.16 Å². The molecule has 2 aromatic heterocycles. The van der Waals surface area contributed by atoms with Crippen molar-refractivity contribution in [3.05, 3.63) is 29.7 Å². The van der Waals surface area contributed by atoms with Crippen LogP contribution in [0, 0.1) is 18.3 Å². The second-order valence-corrected chi connectivity index (χ2v) is 2.69. The highest BCUT2D eigenvalue weighted by molar-refractivity contribution is 5.47. The van der Waals surface area contributed by atoms with E-state index in [1.165, 1.54) is 6.20 Å². The van der Waals surface area contributed by atoms with Crippen LogP contribution in [0.4, 0.5) is 0 Å². The number of aromatic nitrogens is 3. The van der Waals surface area contributed by atoms with Crippen LogP contribution >= 0.6 is 0 Å². The lowest BCUT2D eigenvalue weighted by Crippen LogP contribution is -1.84. The quantitative estimate of drug-likeness (QED) is 0.671. The Morgan fingerprint density at radius 3 is 2.79 bits per heavy atom. The normalized spacial score (nSPS) is 9.71. The molecule has 0 bridgehead atoms. The van der Waals surface area contributed by atoms with E-state index < -0.39 is 0 Å². The number of rotatable bonds is 1. The van der Waals surface area contributed by atoms with E-state index in [0.717, 1.165) is 0 Å². The smallest absolute Gasteiger partial charge is 0.276 e. The first-order valence-corrected chi connectivity index (χ1v) is 3.96. The summed E-state index contributed by atoms with van der Waals surface area (Å²) < 4.78 is 4.92. The van der Waals surface area contributed by atoms with Crippen LogP contribution in [0.15, 0.2) is 22.9 Å². The van der Waals surface area contributed by atoms with Gasteiger partial charge in [0.15, 0.2) is 5.82 Å². The number of aryl methyl sites for hydroxylation is 1. The minimum Gasteiger partial charge on any atom is -0.332 e. The topological polar surface area (TPSA) is 75.6 Å². The van der Waals surface area contributed by atoms with Crippen LogP contribution in [0.5, 0.6) is 0 Å². The third-order valence-corrected chi connectivity index (χ3v) is 1.64. The van der Waals surface area contributed by atoms with Gasteiger partial charge in [0.25, 0.3) is 5.89 Å². The van der Waals surface area contributed by atoms with Gasteiger partial charge in [-0.2, -0.15) is 10.2 Å². The fourth-order valence-corrected chi connectivity index (χ4v) is 0.988. The highest BCUT2D eigenvalue weighted by Gasteiger charge is 2.06. The van der Waals surface area contributed by atoms with E-state index >= 15 is 0 Å². The van der Waals surface area contributed by atoms with Crippen LogP contribution in [-0.4, -0.2) is 15.1 Å². The first kappa shape index (κ1) is 8.38. The standard InChI is InChI=1S/C9H6N4O/c1-6-12-9(14-13-6)8-3-2-7(4-10)5-11-8/h2-3,5H,1H3. The molecule has 5 heteroatoms. The summed E-state index contributed by atoms with van der Waals surface area (Å²) in [4.78, 5) is 8.03. The van der Waals surface area contributed by atoms with E-state index in [1.807, 2.05) is 6.07 Å². The summed E-state index contributed by atoms with van der Waals surface area (Å²) in [6.45, 7) is 1.73. The molecule has 0 amide bonds. The van der Waals surface area contributed by atoms with Gasteiger partial charge in [0.05, 0.1) is 5.56 Å². The molecule has 0 atom stereocenters. The van der Waals surface area contributed by atoms with Crippen molar-refractivity contribution < 1.29 is 4.52 Å². The lowest BCUT2D eigenvalue weighted by molar-refractivity contribution is 0.424. The molecular formula is C9H6N4O. The SMILES string of the molecule is Cc1noc(-c2ccc(C#N)cn2)n1. The first-order chi connectivity index (χ1) is 6.79. The lowest BCUT2D eigenvalue weighted by Gasteiger charge is -1.91. The highest BCUT2D eigenvalue weighted by atomic mass is 16.5. The first-order valence-electron chi connectivity index (χ1n) is 3.96. The Kier molecular flexibility index (Phi) is 1.95. The summed E-state index contributed by atoms with van der Waals surface area (Å²) >= 11 is 0. The summed E-state index contributed by atoms with van der Waals surface area (Å²) in [5.41, 5.74) is 1.08. The molecule has 0 aliphatic rings. The van der Waals surface area contributed by atoms with Crippen LogP contribution in [0.2, 0.25) is 0 Å². The second kappa shape index (κ2) is 3.26. The van der Waals surface area contributed by atoms with Crippen molar-refractivity contribution in [1.29, 1.82) is 5.26 Å². The zero-order valence-electron chi connectivity index (χ0n) is 7.43. The lowest BCUT2D eigenvalue weighted by atomic mass is 10.3. The van der Waals surface area contributed by atoms with Crippen molar-refractivity contribution in [2.45, 2.75) is 6.92 Å². The third-order valence-electron chi connectivity index (χ3n) is 1.64. The van der Waals surface area contributed by atoms with Crippen molar-refractivity contribution in [1.82, 2.24) is 15.1 Å². The predicted molar refractivity (Wildman–Crippen MR) is 47.0 cm³/mol. The second-order valence-electron chi connectivity index (χ2n) is 2.69. The van der Waals surface area contributed by atoms with Crippen molar-refractivity contribution >= 4 is 0 Å². The molecule has 2 rings (SSSR count). The van der Waals surface area contributed by atoms with Gasteiger partial charge in [-0.3, -0.25) is 0 Å². The Hall–Kier alpha value is -2.22. The minimum absolute atomic E-state index is 0.368. The van der Waals surface area contributed by atoms with Crippen LogP contribution in [0.25, 0.3) is 11.6 Å². The molecule has 0 aliphatic carbocycles. The molecule has 68 valence electrons. The van der Waals surface area contributed by atoms with Gasteiger partial charge < -0.3 is 4.52 Å². The summed E-state index contributed by atoms with van der Waals surface area (Å²) in [5.74, 6) is 0.929. The number of nitriles is 1. The van der Waals surface area contributed by atoms with Crippen LogP contribution in [0.3, 0.4) is 0 Å². The summed E-state index contributed by atoms with van der Waals surface area (Å²) in [6, 6.07) is 5.31. The zero-order valence-corrected chi connectivity index (χ0v) is 7.43. The van der Waals surface area contributed by atoms with Gasteiger partial charge >= 0.3 is 0 Å². The van der Waals surface area contributed by atoms with Crippen molar-refractivity contribution in [2.75, 3.05) is 0 Å². The van der Waals surface area contributed by atoms with Gasteiger partial charge in [-0.05, 0) is 19.1 Å². The summed E-state index contributed by atoms with van der Waals surface area (Å²) in [7, 11) is 0. The molecule has 2 aromatic rings. The van der Waals surface area contributed by atoms with Gasteiger partial charge in [0.1, 0.15) is 11.8 Å². The Morgan fingerprint density at radius 1 is 1.43 bits per heavy atom. The minimum atomic E-state index is 0.368. The largest absolute Gasteiger partial charge is 0.332 e. The van der Waals surface area contributed by atoms with Crippen molar-refractivity contribution in [3.8, 4) is 17.7 Å². The van der Waals surface area contributed by atoms with Crippen molar-refractivity contribution in [2.24, 2.45) is 0 Å². The van der Waals surface area contributed by atoms with Crippen LogP contribution in [0.1, 0.15) is 11.4 Å². The maximum absolute atomic E-state index is 8.56. The molecule has 2 heterocycles. The maximum Gasteiger partial charge on any atom is 0.276 e. The molecule has 5 nitrogen and oxygen atoms in total. The number of nitrogens with zero attached hydrogens (tertiary/aromatic N) is 4. The number of pyridine rings is 1. The van der Waals surface area contributed by atoms with E-state index in [0.29, 0.717) is 23.0 Å². The predicted octanol–water partition coefficient (Wildman–Crippen LogP) is 1.31. The molecule has 0 saturated carbocycles. The molecule has 0 radical (unpaired) electrons. The number of hydrogen-bond donors (Lipinski definition) is 0. The molecule has 14 heavy (non-hydrogen) atoms. The molecular weight excluding hydrogens is 180 g/mol. The van der Waals surface area contributed by atoms with Gasteiger partial charge in [0, 0.05) is 6.20 Å². The summed E-state index contributed by atoms with van der Waals surface area (Å²) in [6.07, 6.45) is 1.47. The average molecular weight is 186 g/mol. The van der Waals surface area contributed by atoms with E-state index in [4.69, 9.17) is 9.78 Å². The maximum atomic E-state index is 8.56. The Bertz CT molecular complexity index is 480. The molecule has 0 unspecified atom stereocenters. The monoisotopic (exact) mass is 186 g/mol. The highest BCUT2D eigenvalue weighted by Crippen LogP contribution is 2.13. The van der Waals surface area contributed by atoms with E-state index in [1.54, 1.807) is 19.1 Å². The molecule has 0 spiro atoms. The van der Waals surface area contributed by atoms with Gasteiger partial charge in [-0.15, -0.1) is 0 Å². The molecule has 0 aliphatic heterocycles.